The Morgan fingerprint density at radius 1 is 1.04 bits per heavy atom. The molecule has 1 aliphatic rings. The molecule has 0 aliphatic carbocycles. The number of hydrogen-bond donors (Lipinski definition) is 0. The van der Waals surface area contributed by atoms with E-state index >= 15 is 0 Å². The number of hydrogen-bond acceptors (Lipinski definition) is 4. The number of aliphatic carboxylic acids is 1. The van der Waals surface area contributed by atoms with E-state index in [1.54, 1.807) is 36.4 Å². The van der Waals surface area contributed by atoms with Gasteiger partial charge in [-0.1, -0.05) is 46.3 Å². The number of benzene rings is 2. The van der Waals surface area contributed by atoms with Gasteiger partial charge in [0.1, 0.15) is 0 Å². The van der Waals surface area contributed by atoms with Gasteiger partial charge in [-0.15, -0.1) is 0 Å². The molecule has 5 nitrogen and oxygen atoms in total. The molecule has 3 rings (SSSR count). The zero-order valence-electron chi connectivity index (χ0n) is 12.9. The van der Waals surface area contributed by atoms with Crippen LogP contribution >= 0.6 is 15.9 Å². The molecule has 116 valence electrons. The Morgan fingerprint density at radius 2 is 1.67 bits per heavy atom. The van der Waals surface area contributed by atoms with Crippen LogP contribution in [0.4, 0.5) is 0 Å². The molecule has 0 N–H and O–H groups in total. The molecule has 0 bridgehead atoms. The number of fused-ring (bicyclic) bond motifs is 1. The monoisotopic (exact) mass is 395 g/mol. The van der Waals surface area contributed by atoms with Gasteiger partial charge < -0.3 is 9.90 Å². The molecule has 0 radical (unpaired) electrons. The van der Waals surface area contributed by atoms with Crippen LogP contribution in [-0.2, 0) is 11.2 Å². The number of amides is 2. The van der Waals surface area contributed by atoms with Crippen molar-refractivity contribution in [3.05, 3.63) is 69.7 Å². The Hall–Kier alpha value is -1.47. The molecular formula is C17H11BrNNaO4. The maximum Gasteiger partial charge on any atom is 1.00 e. The summed E-state index contributed by atoms with van der Waals surface area (Å²) in [5.74, 6) is -2.68. The van der Waals surface area contributed by atoms with Crippen LogP contribution in [0.3, 0.4) is 0 Å². The third-order valence-corrected chi connectivity index (χ3v) is 4.23. The van der Waals surface area contributed by atoms with Crippen molar-refractivity contribution >= 4 is 33.7 Å². The number of rotatable bonds is 4. The van der Waals surface area contributed by atoms with E-state index in [-0.39, 0.29) is 47.1 Å². The number of carbonyl (C=O) groups excluding carboxylic acids is 3. The zero-order valence-corrected chi connectivity index (χ0v) is 16.4. The summed E-state index contributed by atoms with van der Waals surface area (Å²) >= 11 is 3.24. The molecule has 2 amide bonds. The van der Waals surface area contributed by atoms with E-state index in [0.29, 0.717) is 10.0 Å². The summed E-state index contributed by atoms with van der Waals surface area (Å²) < 4.78 is 0.646. The fraction of sp³-hybridized carbons (Fsp3) is 0.118. The topological polar surface area (TPSA) is 77.5 Å². The number of carbonyl (C=O) groups is 3. The minimum Gasteiger partial charge on any atom is -0.548 e. The first-order chi connectivity index (χ1) is 11.0. The van der Waals surface area contributed by atoms with Crippen molar-refractivity contribution in [1.29, 1.82) is 0 Å². The van der Waals surface area contributed by atoms with Gasteiger partial charge in [0, 0.05) is 4.47 Å². The second kappa shape index (κ2) is 7.61. The molecule has 24 heavy (non-hydrogen) atoms. The maximum atomic E-state index is 12.5. The smallest absolute Gasteiger partial charge is 0.548 e. The van der Waals surface area contributed by atoms with Crippen molar-refractivity contribution in [1.82, 2.24) is 4.90 Å². The molecule has 2 aromatic carbocycles. The van der Waals surface area contributed by atoms with E-state index in [2.05, 4.69) is 15.9 Å². The molecule has 0 saturated heterocycles. The number of halogens is 1. The first-order valence-electron chi connectivity index (χ1n) is 6.91. The second-order valence-corrected chi connectivity index (χ2v) is 6.11. The van der Waals surface area contributed by atoms with E-state index in [9.17, 15) is 19.5 Å². The van der Waals surface area contributed by atoms with Gasteiger partial charge in [-0.25, -0.2) is 0 Å². The summed E-state index contributed by atoms with van der Waals surface area (Å²) in [6, 6.07) is 12.1. The summed E-state index contributed by atoms with van der Waals surface area (Å²) in [5, 5.41) is 11.5. The fourth-order valence-corrected chi connectivity index (χ4v) is 2.99. The number of carboxylic acids is 1. The van der Waals surface area contributed by atoms with E-state index in [4.69, 9.17) is 0 Å². The minimum atomic E-state index is -1.46. The standard InChI is InChI=1S/C17H12BrNO4.Na/c18-11-6-7-12-13(9-11)16(21)19(15(12)20)14(17(22)23)8-10-4-2-1-3-5-10;/h1-7,9,14H,8H2,(H,22,23);/q;+1/p-1. The molecule has 1 atom stereocenters. The van der Waals surface area contributed by atoms with E-state index in [1.165, 1.54) is 12.1 Å². The van der Waals surface area contributed by atoms with Crippen LogP contribution in [0, 0.1) is 0 Å². The normalized spacial score (nSPS) is 14.1. The molecule has 1 aliphatic heterocycles. The SMILES string of the molecule is O=C([O-])C(Cc1ccccc1)N1C(=O)c2ccc(Br)cc2C1=O.[Na+]. The van der Waals surface area contributed by atoms with Crippen molar-refractivity contribution in [3.8, 4) is 0 Å². The molecule has 0 spiro atoms. The van der Waals surface area contributed by atoms with Crippen LogP contribution in [0.2, 0.25) is 0 Å². The van der Waals surface area contributed by atoms with E-state index in [0.717, 1.165) is 4.90 Å². The Balaban J connectivity index is 0.00000208. The number of nitrogens with zero attached hydrogens (tertiary/aromatic N) is 1. The molecule has 0 saturated carbocycles. The van der Waals surface area contributed by atoms with Crippen molar-refractivity contribution < 1.29 is 49.0 Å². The summed E-state index contributed by atoms with van der Waals surface area (Å²) in [4.78, 5) is 37.3. The van der Waals surface area contributed by atoms with Crippen LogP contribution in [-0.4, -0.2) is 28.7 Å². The Kier molecular flexibility index (Phi) is 5.98. The van der Waals surface area contributed by atoms with Gasteiger partial charge in [0.25, 0.3) is 11.8 Å². The predicted molar refractivity (Wildman–Crippen MR) is 83.6 cm³/mol. The van der Waals surface area contributed by atoms with Gasteiger partial charge in [-0.05, 0) is 30.2 Å². The Labute approximate surface area is 169 Å². The maximum absolute atomic E-state index is 12.5. The van der Waals surface area contributed by atoms with Crippen molar-refractivity contribution in [2.45, 2.75) is 12.5 Å². The summed E-state index contributed by atoms with van der Waals surface area (Å²) in [6.45, 7) is 0. The van der Waals surface area contributed by atoms with E-state index in [1.807, 2.05) is 0 Å². The van der Waals surface area contributed by atoms with Gasteiger partial charge in [0.15, 0.2) is 0 Å². The zero-order chi connectivity index (χ0) is 16.6. The largest absolute Gasteiger partial charge is 1.00 e. The average molecular weight is 396 g/mol. The summed E-state index contributed by atoms with van der Waals surface area (Å²) in [6.07, 6.45) is 0.00973. The van der Waals surface area contributed by atoms with Gasteiger partial charge in [-0.2, -0.15) is 0 Å². The van der Waals surface area contributed by atoms with Crippen molar-refractivity contribution in [2.75, 3.05) is 0 Å². The molecule has 0 fully saturated rings. The Bertz CT molecular complexity index is 809. The fourth-order valence-electron chi connectivity index (χ4n) is 2.63. The van der Waals surface area contributed by atoms with E-state index < -0.39 is 23.8 Å². The van der Waals surface area contributed by atoms with Crippen LogP contribution < -0.4 is 34.7 Å². The van der Waals surface area contributed by atoms with Gasteiger partial charge in [0.2, 0.25) is 0 Å². The van der Waals surface area contributed by atoms with Gasteiger partial charge in [0.05, 0.1) is 23.1 Å². The first-order valence-corrected chi connectivity index (χ1v) is 7.70. The molecule has 2 aromatic rings. The van der Waals surface area contributed by atoms with Crippen molar-refractivity contribution in [2.24, 2.45) is 0 Å². The van der Waals surface area contributed by atoms with Crippen molar-refractivity contribution in [3.63, 3.8) is 0 Å². The number of imide groups is 1. The molecule has 7 heteroatoms. The minimum absolute atomic E-state index is 0. The molecule has 0 aromatic heterocycles. The third kappa shape index (κ3) is 3.47. The molecule has 1 heterocycles. The van der Waals surface area contributed by atoms with Crippen LogP contribution in [0.15, 0.2) is 53.0 Å². The van der Waals surface area contributed by atoms with Gasteiger partial charge >= 0.3 is 29.6 Å². The van der Waals surface area contributed by atoms with Gasteiger partial charge in [-0.3, -0.25) is 14.5 Å². The van der Waals surface area contributed by atoms with Crippen LogP contribution in [0.1, 0.15) is 26.3 Å². The Morgan fingerprint density at radius 3 is 2.29 bits per heavy atom. The molecule has 1 unspecified atom stereocenters. The number of carboxylic acid groups (broad SMARTS) is 1. The molecular weight excluding hydrogens is 385 g/mol. The summed E-state index contributed by atoms with van der Waals surface area (Å²) in [7, 11) is 0. The third-order valence-electron chi connectivity index (χ3n) is 3.74. The second-order valence-electron chi connectivity index (χ2n) is 5.19. The summed E-state index contributed by atoms with van der Waals surface area (Å²) in [5.41, 5.74) is 1.11. The predicted octanol–water partition coefficient (Wildman–Crippen LogP) is -1.59. The van der Waals surface area contributed by atoms with Crippen LogP contribution in [0.5, 0.6) is 0 Å². The average Bonchev–Trinajstić information content (AvgIpc) is 2.77. The first kappa shape index (κ1) is 18.9. The van der Waals surface area contributed by atoms with Crippen LogP contribution in [0.25, 0.3) is 0 Å². The quantitative estimate of drug-likeness (QED) is 0.462.